The fraction of sp³-hybridized carbons (Fsp3) is 0.125. The Hall–Kier alpha value is -4.18. The van der Waals surface area contributed by atoms with Crippen LogP contribution in [0.15, 0.2) is 71.6 Å². The van der Waals surface area contributed by atoms with Gasteiger partial charge in [-0.05, 0) is 41.8 Å². The summed E-state index contributed by atoms with van der Waals surface area (Å²) in [5.74, 6) is -0.950. The zero-order valence-corrected chi connectivity index (χ0v) is 18.6. The van der Waals surface area contributed by atoms with Gasteiger partial charge in [0, 0.05) is 16.8 Å². The van der Waals surface area contributed by atoms with E-state index >= 15 is 0 Å². The van der Waals surface area contributed by atoms with Crippen molar-refractivity contribution in [1.29, 1.82) is 0 Å². The molecule has 0 saturated carbocycles. The van der Waals surface area contributed by atoms with Gasteiger partial charge in [-0.1, -0.05) is 42.5 Å². The molecule has 1 unspecified atom stereocenters. The molecule has 2 aliphatic rings. The molecule has 2 heterocycles. The zero-order valence-electron chi connectivity index (χ0n) is 17.8. The van der Waals surface area contributed by atoms with Crippen molar-refractivity contribution in [3.8, 4) is 0 Å². The highest BCUT2D eigenvalue weighted by Crippen LogP contribution is 2.33. The third-order valence-electron chi connectivity index (χ3n) is 5.79. The first-order valence-electron chi connectivity index (χ1n) is 10.5. The minimum atomic E-state index is -3.30. The van der Waals surface area contributed by atoms with Crippen LogP contribution in [0.1, 0.15) is 33.1 Å². The van der Waals surface area contributed by atoms with Crippen LogP contribution < -0.4 is 21.3 Å². The number of imide groups is 1. The zero-order chi connectivity index (χ0) is 23.9. The first kappa shape index (κ1) is 21.7. The molecule has 0 aliphatic carbocycles. The number of anilines is 2. The molecule has 1 saturated heterocycles. The Morgan fingerprint density at radius 2 is 1.74 bits per heavy atom. The van der Waals surface area contributed by atoms with E-state index < -0.39 is 27.8 Å². The highest BCUT2D eigenvalue weighted by molar-refractivity contribution is 7.92. The number of rotatable bonds is 5. The van der Waals surface area contributed by atoms with Crippen molar-refractivity contribution in [2.24, 2.45) is 0 Å². The number of fused-ring (bicyclic) bond motifs is 1. The van der Waals surface area contributed by atoms with E-state index in [9.17, 15) is 22.8 Å². The van der Waals surface area contributed by atoms with Crippen molar-refractivity contribution in [2.75, 3.05) is 16.5 Å². The average molecular weight is 477 g/mol. The van der Waals surface area contributed by atoms with Crippen LogP contribution in [0.25, 0.3) is 0 Å². The summed E-state index contributed by atoms with van der Waals surface area (Å²) in [4.78, 5) is 36.7. The summed E-state index contributed by atoms with van der Waals surface area (Å²) >= 11 is 0. The number of amides is 4. The van der Waals surface area contributed by atoms with Crippen LogP contribution >= 0.6 is 0 Å². The number of carbonyl (C=O) groups excluding carboxylic acids is 3. The molecule has 34 heavy (non-hydrogen) atoms. The molecule has 0 radical (unpaired) electrons. The Morgan fingerprint density at radius 1 is 0.971 bits per heavy atom. The maximum Gasteiger partial charge on any atom is 0.322 e. The van der Waals surface area contributed by atoms with E-state index in [1.165, 1.54) is 0 Å². The van der Waals surface area contributed by atoms with Gasteiger partial charge in [0.25, 0.3) is 11.8 Å². The van der Waals surface area contributed by atoms with Crippen LogP contribution in [0.3, 0.4) is 0 Å². The van der Waals surface area contributed by atoms with Gasteiger partial charge in [0.1, 0.15) is 11.9 Å². The summed E-state index contributed by atoms with van der Waals surface area (Å²) in [6.45, 7) is 0. The molecule has 3 aromatic carbocycles. The molecule has 0 spiro atoms. The molecule has 3 aromatic rings. The predicted octanol–water partition coefficient (Wildman–Crippen LogP) is 2.57. The topological polar surface area (TPSA) is 133 Å². The summed E-state index contributed by atoms with van der Waals surface area (Å²) in [6.07, 6.45) is 0.507. The highest BCUT2D eigenvalue weighted by Gasteiger charge is 2.32. The van der Waals surface area contributed by atoms with E-state index in [4.69, 9.17) is 0 Å². The van der Waals surface area contributed by atoms with Crippen LogP contribution in [0.4, 0.5) is 16.2 Å². The van der Waals surface area contributed by atoms with Crippen LogP contribution in [-0.2, 0) is 21.1 Å². The average Bonchev–Trinajstić information content (AvgIpc) is 3.32. The van der Waals surface area contributed by atoms with Crippen molar-refractivity contribution in [3.05, 3.63) is 89.0 Å². The lowest BCUT2D eigenvalue weighted by Gasteiger charge is -2.14. The predicted molar refractivity (Wildman–Crippen MR) is 125 cm³/mol. The number of para-hydroxylation sites is 2. The SMILES string of the molecule is O=C1NC(=O)C(c2ccccc2NC(=O)c2ccc(Cc3cccc4c3NCS4(=O)=O)cc2)N1. The van der Waals surface area contributed by atoms with Crippen molar-refractivity contribution in [1.82, 2.24) is 10.6 Å². The van der Waals surface area contributed by atoms with Crippen LogP contribution in [0.2, 0.25) is 0 Å². The number of carbonyl (C=O) groups is 3. The van der Waals surface area contributed by atoms with Crippen LogP contribution in [0.5, 0.6) is 0 Å². The number of urea groups is 1. The van der Waals surface area contributed by atoms with E-state index in [1.54, 1.807) is 48.5 Å². The monoisotopic (exact) mass is 476 g/mol. The van der Waals surface area contributed by atoms with Crippen molar-refractivity contribution in [2.45, 2.75) is 17.4 Å². The Kier molecular flexibility index (Phi) is 5.29. The second-order valence-electron chi connectivity index (χ2n) is 8.04. The highest BCUT2D eigenvalue weighted by atomic mass is 32.2. The summed E-state index contributed by atoms with van der Waals surface area (Å²) in [7, 11) is -3.30. The van der Waals surface area contributed by atoms with Gasteiger partial charge < -0.3 is 16.0 Å². The van der Waals surface area contributed by atoms with Gasteiger partial charge in [-0.25, -0.2) is 13.2 Å². The number of benzene rings is 3. The number of hydrogen-bond donors (Lipinski definition) is 4. The van der Waals surface area contributed by atoms with Crippen molar-refractivity contribution < 1.29 is 22.8 Å². The van der Waals surface area contributed by atoms with Gasteiger partial charge in [0.15, 0.2) is 9.84 Å². The molecule has 1 fully saturated rings. The van der Waals surface area contributed by atoms with Crippen LogP contribution in [0, 0.1) is 0 Å². The molecule has 5 rings (SSSR count). The second-order valence-corrected chi connectivity index (χ2v) is 9.99. The van der Waals surface area contributed by atoms with E-state index in [2.05, 4.69) is 21.3 Å². The smallest absolute Gasteiger partial charge is 0.322 e. The molecule has 2 aliphatic heterocycles. The number of hydrogen-bond acceptors (Lipinski definition) is 6. The molecule has 0 bridgehead atoms. The Morgan fingerprint density at radius 3 is 2.47 bits per heavy atom. The maximum absolute atomic E-state index is 12.8. The van der Waals surface area contributed by atoms with Crippen LogP contribution in [-0.4, -0.2) is 32.1 Å². The van der Waals surface area contributed by atoms with Gasteiger partial charge in [-0.3, -0.25) is 14.9 Å². The van der Waals surface area contributed by atoms with Gasteiger partial charge in [0.05, 0.1) is 10.6 Å². The lowest BCUT2D eigenvalue weighted by atomic mass is 10.0. The summed E-state index contributed by atoms with van der Waals surface area (Å²) in [5.41, 5.74) is 3.73. The van der Waals surface area contributed by atoms with Crippen molar-refractivity contribution >= 4 is 39.1 Å². The lowest BCUT2D eigenvalue weighted by molar-refractivity contribution is -0.120. The molecule has 4 amide bonds. The fourth-order valence-corrected chi connectivity index (χ4v) is 5.41. The van der Waals surface area contributed by atoms with E-state index in [0.29, 0.717) is 33.8 Å². The maximum atomic E-state index is 12.8. The largest absolute Gasteiger partial charge is 0.370 e. The first-order chi connectivity index (χ1) is 16.3. The first-order valence-corrected chi connectivity index (χ1v) is 12.2. The molecular weight excluding hydrogens is 456 g/mol. The molecule has 10 heteroatoms. The molecule has 9 nitrogen and oxygen atoms in total. The molecule has 172 valence electrons. The summed E-state index contributed by atoms with van der Waals surface area (Å²) < 4.78 is 24.2. The molecule has 4 N–H and O–H groups in total. The quantitative estimate of drug-likeness (QED) is 0.418. The summed E-state index contributed by atoms with van der Waals surface area (Å²) in [5, 5.41) is 10.5. The van der Waals surface area contributed by atoms with Gasteiger partial charge >= 0.3 is 6.03 Å². The normalized spacial score (nSPS) is 17.9. The van der Waals surface area contributed by atoms with E-state index in [0.717, 1.165) is 11.1 Å². The third-order valence-corrected chi connectivity index (χ3v) is 7.33. The lowest BCUT2D eigenvalue weighted by Crippen LogP contribution is -2.22. The second kappa shape index (κ2) is 8.31. The molecular formula is C24H20N4O5S. The van der Waals surface area contributed by atoms with E-state index in [-0.39, 0.29) is 11.8 Å². The fourth-order valence-electron chi connectivity index (χ4n) is 4.12. The Labute approximate surface area is 195 Å². The van der Waals surface area contributed by atoms with Gasteiger partial charge in [0.2, 0.25) is 0 Å². The minimum Gasteiger partial charge on any atom is -0.370 e. The van der Waals surface area contributed by atoms with Crippen molar-refractivity contribution in [3.63, 3.8) is 0 Å². The summed E-state index contributed by atoms with van der Waals surface area (Å²) in [6, 6.07) is 17.5. The minimum absolute atomic E-state index is 0.105. The molecule has 1 atom stereocenters. The number of sulfone groups is 1. The van der Waals surface area contributed by atoms with E-state index in [1.807, 2.05) is 18.2 Å². The standard InChI is InChI=1S/C24H20N4O5S/c29-22(26-18-6-2-1-5-17(18)21-23(30)28-24(31)27-21)15-10-8-14(9-11-15)12-16-4-3-7-19-20(16)25-13-34(19,32)33/h1-11,21,25H,12-13H2,(H,26,29)(H2,27,28,30,31). The Bertz CT molecular complexity index is 1430. The van der Waals surface area contributed by atoms with Gasteiger partial charge in [-0.2, -0.15) is 0 Å². The third kappa shape index (κ3) is 3.99. The molecule has 0 aromatic heterocycles. The van der Waals surface area contributed by atoms with Gasteiger partial charge in [-0.15, -0.1) is 0 Å². The number of nitrogens with one attached hydrogen (secondary N) is 4. The Balaban J connectivity index is 1.32.